The zero-order chi connectivity index (χ0) is 11.6. The zero-order valence-corrected chi connectivity index (χ0v) is 10.4. The fourth-order valence-electron chi connectivity index (χ4n) is 0.696. The van der Waals surface area contributed by atoms with Crippen molar-refractivity contribution in [3.63, 3.8) is 0 Å². The second kappa shape index (κ2) is 4.59. The molecule has 0 fully saturated rings. The molecular formula is C9H21NO3S. The molecule has 14 heavy (non-hydrogen) atoms. The van der Waals surface area contributed by atoms with E-state index in [2.05, 4.69) is 4.72 Å². The van der Waals surface area contributed by atoms with Gasteiger partial charge < -0.3 is 5.11 Å². The van der Waals surface area contributed by atoms with Crippen molar-refractivity contribution in [3.05, 3.63) is 0 Å². The predicted octanol–water partition coefficient (Wildman–Crippen LogP) is 0.721. The van der Waals surface area contributed by atoms with Crippen LogP contribution in [0.2, 0.25) is 0 Å². The van der Waals surface area contributed by atoms with Gasteiger partial charge in [0.05, 0.1) is 4.75 Å². The lowest BCUT2D eigenvalue weighted by atomic mass is 10.1. The fraction of sp³-hybridized carbons (Fsp3) is 1.00. The van der Waals surface area contributed by atoms with Gasteiger partial charge in [-0.3, -0.25) is 0 Å². The lowest BCUT2D eigenvalue weighted by molar-refractivity contribution is 0.216. The van der Waals surface area contributed by atoms with Crippen molar-refractivity contribution >= 4 is 10.0 Å². The van der Waals surface area contributed by atoms with Gasteiger partial charge in [0.1, 0.15) is 0 Å². The van der Waals surface area contributed by atoms with Crippen LogP contribution >= 0.6 is 0 Å². The minimum atomic E-state index is -3.31. The molecule has 4 nitrogen and oxygen atoms in total. The third kappa shape index (κ3) is 3.55. The minimum Gasteiger partial charge on any atom is -0.396 e. The standard InChI is InChI=1S/C9H21NO3S/c1-7(6-11)8(2)10-14(12,13)9(3,4)5/h7-8,10-11H,6H2,1-5H3. The molecule has 86 valence electrons. The van der Waals surface area contributed by atoms with Crippen molar-refractivity contribution in [3.8, 4) is 0 Å². The van der Waals surface area contributed by atoms with Crippen LogP contribution in [-0.4, -0.2) is 30.9 Å². The molecule has 2 unspecified atom stereocenters. The van der Waals surface area contributed by atoms with E-state index >= 15 is 0 Å². The molecule has 0 aromatic carbocycles. The number of hydrogen-bond acceptors (Lipinski definition) is 3. The third-order valence-electron chi connectivity index (χ3n) is 2.29. The van der Waals surface area contributed by atoms with E-state index in [4.69, 9.17) is 5.11 Å². The van der Waals surface area contributed by atoms with E-state index in [-0.39, 0.29) is 18.6 Å². The van der Waals surface area contributed by atoms with Crippen LogP contribution in [0.4, 0.5) is 0 Å². The summed E-state index contributed by atoms with van der Waals surface area (Å²) in [4.78, 5) is 0. The van der Waals surface area contributed by atoms with Crippen molar-refractivity contribution in [1.29, 1.82) is 0 Å². The van der Waals surface area contributed by atoms with Crippen molar-refractivity contribution in [2.24, 2.45) is 5.92 Å². The number of rotatable bonds is 4. The molecule has 0 aliphatic heterocycles. The number of hydrogen-bond donors (Lipinski definition) is 2. The molecule has 0 amide bonds. The molecule has 0 spiro atoms. The molecule has 0 aliphatic rings. The summed E-state index contributed by atoms with van der Waals surface area (Å²) in [6.07, 6.45) is 0. The van der Waals surface area contributed by atoms with Crippen LogP contribution in [0, 0.1) is 5.92 Å². The summed E-state index contributed by atoms with van der Waals surface area (Å²) in [6.45, 7) is 8.47. The molecule has 0 saturated heterocycles. The Morgan fingerprint density at radius 1 is 1.29 bits per heavy atom. The zero-order valence-electron chi connectivity index (χ0n) is 9.53. The van der Waals surface area contributed by atoms with Gasteiger partial charge in [-0.15, -0.1) is 0 Å². The van der Waals surface area contributed by atoms with Gasteiger partial charge in [0.25, 0.3) is 0 Å². The van der Waals surface area contributed by atoms with Gasteiger partial charge in [0.2, 0.25) is 10.0 Å². The average Bonchev–Trinajstić information content (AvgIpc) is 2.00. The SMILES string of the molecule is CC(CO)C(C)NS(=O)(=O)C(C)(C)C. The van der Waals surface area contributed by atoms with Gasteiger partial charge in [0, 0.05) is 12.6 Å². The number of aliphatic hydroxyl groups excluding tert-OH is 1. The van der Waals surface area contributed by atoms with Gasteiger partial charge >= 0.3 is 0 Å². The molecule has 0 radical (unpaired) electrons. The number of aliphatic hydroxyl groups is 1. The second-order valence-corrected chi connectivity index (χ2v) is 7.15. The smallest absolute Gasteiger partial charge is 0.216 e. The maximum Gasteiger partial charge on any atom is 0.216 e. The van der Waals surface area contributed by atoms with Crippen LogP contribution in [0.3, 0.4) is 0 Å². The van der Waals surface area contributed by atoms with Crippen LogP contribution in [0.1, 0.15) is 34.6 Å². The van der Waals surface area contributed by atoms with Crippen molar-refractivity contribution in [2.45, 2.75) is 45.4 Å². The summed E-state index contributed by atoms with van der Waals surface area (Å²) in [6, 6.07) is -0.246. The molecule has 2 N–H and O–H groups in total. The lowest BCUT2D eigenvalue weighted by Gasteiger charge is -2.25. The predicted molar refractivity (Wildman–Crippen MR) is 57.5 cm³/mol. The van der Waals surface area contributed by atoms with E-state index in [0.29, 0.717) is 0 Å². The Bertz CT molecular complexity index is 266. The van der Waals surface area contributed by atoms with E-state index in [0.717, 1.165) is 0 Å². The average molecular weight is 223 g/mol. The van der Waals surface area contributed by atoms with Crippen LogP contribution in [0.5, 0.6) is 0 Å². The normalized spacial score (nSPS) is 17.9. The van der Waals surface area contributed by atoms with Crippen molar-refractivity contribution in [1.82, 2.24) is 4.72 Å². The first-order valence-corrected chi connectivity index (χ1v) is 6.23. The maximum absolute atomic E-state index is 11.7. The minimum absolute atomic E-state index is 0.0200. The van der Waals surface area contributed by atoms with Gasteiger partial charge in [-0.05, 0) is 33.6 Å². The largest absolute Gasteiger partial charge is 0.396 e. The Balaban J connectivity index is 4.54. The van der Waals surface area contributed by atoms with E-state index in [1.54, 1.807) is 34.6 Å². The van der Waals surface area contributed by atoms with Gasteiger partial charge in [-0.25, -0.2) is 13.1 Å². The Morgan fingerprint density at radius 2 is 1.71 bits per heavy atom. The fourth-order valence-corrected chi connectivity index (χ4v) is 1.77. The summed E-state index contributed by atoms with van der Waals surface area (Å²) < 4.78 is 25.1. The molecule has 0 heterocycles. The first kappa shape index (κ1) is 13.9. The maximum atomic E-state index is 11.7. The summed E-state index contributed by atoms with van der Waals surface area (Å²) in [7, 11) is -3.31. The molecule has 0 bridgehead atoms. The third-order valence-corrected chi connectivity index (χ3v) is 4.58. The Hall–Kier alpha value is -0.130. The van der Waals surface area contributed by atoms with Crippen LogP contribution in [0.25, 0.3) is 0 Å². The molecule has 0 saturated carbocycles. The van der Waals surface area contributed by atoms with Gasteiger partial charge in [0.15, 0.2) is 0 Å². The quantitative estimate of drug-likeness (QED) is 0.738. The first-order chi connectivity index (χ1) is 6.12. The van der Waals surface area contributed by atoms with Crippen molar-refractivity contribution < 1.29 is 13.5 Å². The van der Waals surface area contributed by atoms with Gasteiger partial charge in [-0.2, -0.15) is 0 Å². The van der Waals surface area contributed by atoms with Crippen LogP contribution < -0.4 is 4.72 Å². The first-order valence-electron chi connectivity index (χ1n) is 4.74. The van der Waals surface area contributed by atoms with E-state index in [1.165, 1.54) is 0 Å². The molecule has 0 aromatic rings. The molecular weight excluding hydrogens is 202 g/mol. The lowest BCUT2D eigenvalue weighted by Crippen LogP contribution is -2.46. The molecule has 0 rings (SSSR count). The number of nitrogens with one attached hydrogen (secondary N) is 1. The van der Waals surface area contributed by atoms with Crippen molar-refractivity contribution in [2.75, 3.05) is 6.61 Å². The summed E-state index contributed by atoms with van der Waals surface area (Å²) in [5.41, 5.74) is 0. The topological polar surface area (TPSA) is 66.4 Å². The van der Waals surface area contributed by atoms with E-state index in [1.807, 2.05) is 0 Å². The molecule has 0 aromatic heterocycles. The summed E-state index contributed by atoms with van der Waals surface area (Å²) in [5.74, 6) is -0.0767. The second-order valence-electron chi connectivity index (χ2n) is 4.68. The highest BCUT2D eigenvalue weighted by molar-refractivity contribution is 7.90. The Labute approximate surface area is 86.8 Å². The highest BCUT2D eigenvalue weighted by Crippen LogP contribution is 2.15. The summed E-state index contributed by atoms with van der Waals surface area (Å²) in [5, 5.41) is 8.87. The van der Waals surface area contributed by atoms with Crippen LogP contribution in [-0.2, 0) is 10.0 Å². The van der Waals surface area contributed by atoms with Crippen LogP contribution in [0.15, 0.2) is 0 Å². The van der Waals surface area contributed by atoms with E-state index < -0.39 is 14.8 Å². The highest BCUT2D eigenvalue weighted by Gasteiger charge is 2.31. The summed E-state index contributed by atoms with van der Waals surface area (Å²) >= 11 is 0. The molecule has 5 heteroatoms. The highest BCUT2D eigenvalue weighted by atomic mass is 32.2. The monoisotopic (exact) mass is 223 g/mol. The molecule has 2 atom stereocenters. The Morgan fingerprint density at radius 3 is 2.00 bits per heavy atom. The Kier molecular flexibility index (Phi) is 4.55. The number of sulfonamides is 1. The van der Waals surface area contributed by atoms with Gasteiger partial charge in [-0.1, -0.05) is 6.92 Å². The van der Waals surface area contributed by atoms with E-state index in [9.17, 15) is 8.42 Å². The molecule has 0 aliphatic carbocycles.